The number of rotatable bonds is 6. The van der Waals surface area contributed by atoms with Crippen molar-refractivity contribution in [3.63, 3.8) is 0 Å². The van der Waals surface area contributed by atoms with E-state index in [1.54, 1.807) is 4.90 Å². The second-order valence-electron chi connectivity index (χ2n) is 6.38. The van der Waals surface area contributed by atoms with Crippen LogP contribution in [0.4, 0.5) is 10.1 Å². The third-order valence-corrected chi connectivity index (χ3v) is 5.78. The first-order valence-corrected chi connectivity index (χ1v) is 10.1. The van der Waals surface area contributed by atoms with E-state index in [0.717, 1.165) is 35.5 Å². The predicted molar refractivity (Wildman–Crippen MR) is 99.6 cm³/mol. The van der Waals surface area contributed by atoms with E-state index >= 15 is 0 Å². The van der Waals surface area contributed by atoms with Crippen LogP contribution in [0.3, 0.4) is 0 Å². The number of hydrogen-bond acceptors (Lipinski definition) is 5. The fraction of sp³-hybridized carbons (Fsp3) is 0.263. The van der Waals surface area contributed by atoms with Crippen LogP contribution in [0.5, 0.6) is 0 Å². The van der Waals surface area contributed by atoms with Crippen molar-refractivity contribution >= 4 is 27.6 Å². The number of anilines is 1. The molecule has 0 unspecified atom stereocenters. The van der Waals surface area contributed by atoms with Gasteiger partial charge in [0.05, 0.1) is 4.90 Å². The van der Waals surface area contributed by atoms with Crippen molar-refractivity contribution in [3.8, 4) is 0 Å². The van der Waals surface area contributed by atoms with Crippen LogP contribution >= 0.6 is 0 Å². The van der Waals surface area contributed by atoms with Crippen LogP contribution in [0.25, 0.3) is 0 Å². The number of nitrogens with zero attached hydrogens (tertiary/aromatic N) is 1. The van der Waals surface area contributed by atoms with Crippen molar-refractivity contribution in [3.05, 3.63) is 59.9 Å². The van der Waals surface area contributed by atoms with Gasteiger partial charge in [0.2, 0.25) is 10.0 Å². The maximum absolute atomic E-state index is 12.9. The van der Waals surface area contributed by atoms with Crippen LogP contribution in [0.1, 0.15) is 12.5 Å². The van der Waals surface area contributed by atoms with Crippen LogP contribution in [0, 0.1) is 5.82 Å². The molecule has 1 atom stereocenters. The van der Waals surface area contributed by atoms with Gasteiger partial charge in [-0.05, 0) is 49.2 Å². The number of para-hydroxylation sites is 1. The smallest absolute Gasteiger partial charge is 0.321 e. The van der Waals surface area contributed by atoms with Gasteiger partial charge in [0.1, 0.15) is 12.4 Å². The van der Waals surface area contributed by atoms with Gasteiger partial charge in [0.25, 0.3) is 5.91 Å². The van der Waals surface area contributed by atoms with Gasteiger partial charge in [0, 0.05) is 11.7 Å². The number of benzene rings is 2. The summed E-state index contributed by atoms with van der Waals surface area (Å²) in [6.07, 6.45) is 0.716. The Morgan fingerprint density at radius 3 is 2.57 bits per heavy atom. The van der Waals surface area contributed by atoms with E-state index in [0.29, 0.717) is 6.42 Å². The fourth-order valence-corrected chi connectivity index (χ4v) is 4.03. The summed E-state index contributed by atoms with van der Waals surface area (Å²) < 4.78 is 44.0. The molecule has 1 aliphatic heterocycles. The van der Waals surface area contributed by atoms with Gasteiger partial charge in [-0.1, -0.05) is 18.2 Å². The van der Waals surface area contributed by atoms with Crippen molar-refractivity contribution in [1.82, 2.24) is 4.72 Å². The number of ether oxygens (including phenoxy) is 1. The molecule has 0 saturated heterocycles. The Kier molecular flexibility index (Phi) is 5.76. The number of hydrogen-bond donors (Lipinski definition) is 1. The van der Waals surface area contributed by atoms with Crippen LogP contribution < -0.4 is 9.62 Å². The average molecular weight is 406 g/mol. The first kappa shape index (κ1) is 20.0. The minimum Gasteiger partial charge on any atom is -0.455 e. The molecule has 2 aromatic rings. The molecule has 1 amide bonds. The Morgan fingerprint density at radius 2 is 1.86 bits per heavy atom. The molecule has 3 rings (SSSR count). The zero-order chi connectivity index (χ0) is 20.3. The highest BCUT2D eigenvalue weighted by Gasteiger charge is 2.31. The normalized spacial score (nSPS) is 15.9. The maximum Gasteiger partial charge on any atom is 0.321 e. The topological polar surface area (TPSA) is 92.8 Å². The number of carbonyl (C=O) groups excluding carboxylic acids is 2. The molecule has 2 aromatic carbocycles. The van der Waals surface area contributed by atoms with Crippen molar-refractivity contribution in [2.45, 2.75) is 24.3 Å². The third kappa shape index (κ3) is 4.37. The summed E-state index contributed by atoms with van der Waals surface area (Å²) >= 11 is 0. The first-order chi connectivity index (χ1) is 13.3. The molecule has 0 radical (unpaired) electrons. The van der Waals surface area contributed by atoms with Crippen LogP contribution in [-0.2, 0) is 30.8 Å². The Bertz CT molecular complexity index is 992. The summed E-state index contributed by atoms with van der Waals surface area (Å²) in [4.78, 5) is 25.7. The van der Waals surface area contributed by atoms with Crippen molar-refractivity contribution in [1.29, 1.82) is 0 Å². The van der Waals surface area contributed by atoms with Crippen molar-refractivity contribution in [2.24, 2.45) is 0 Å². The van der Waals surface area contributed by atoms with E-state index in [1.165, 1.54) is 0 Å². The van der Waals surface area contributed by atoms with E-state index < -0.39 is 35.0 Å². The van der Waals surface area contributed by atoms with Crippen LogP contribution in [0.15, 0.2) is 53.4 Å². The molecule has 1 aliphatic rings. The second kappa shape index (κ2) is 8.07. The second-order valence-corrected chi connectivity index (χ2v) is 8.15. The molecule has 0 aromatic heterocycles. The SMILES string of the molecule is C[C@H]1Cc2ccccc2N1C(=O)COC(=O)CNS(=O)(=O)c1ccc(F)cc1. The molecule has 0 saturated carbocycles. The fourth-order valence-electron chi connectivity index (χ4n) is 3.06. The summed E-state index contributed by atoms with van der Waals surface area (Å²) in [5, 5.41) is 0. The highest BCUT2D eigenvalue weighted by atomic mass is 32.2. The van der Waals surface area contributed by atoms with Gasteiger partial charge in [-0.15, -0.1) is 0 Å². The first-order valence-electron chi connectivity index (χ1n) is 8.59. The van der Waals surface area contributed by atoms with Crippen LogP contribution in [-0.4, -0.2) is 39.5 Å². The summed E-state index contributed by atoms with van der Waals surface area (Å²) in [7, 11) is -3.99. The Morgan fingerprint density at radius 1 is 1.18 bits per heavy atom. The minimum atomic E-state index is -3.99. The monoisotopic (exact) mass is 406 g/mol. The summed E-state index contributed by atoms with van der Waals surface area (Å²) in [6.45, 7) is 0.769. The van der Waals surface area contributed by atoms with E-state index in [-0.39, 0.29) is 16.8 Å². The van der Waals surface area contributed by atoms with E-state index in [2.05, 4.69) is 4.72 Å². The summed E-state index contributed by atoms with van der Waals surface area (Å²) in [5.41, 5.74) is 1.83. The van der Waals surface area contributed by atoms with Crippen molar-refractivity contribution in [2.75, 3.05) is 18.1 Å². The van der Waals surface area contributed by atoms with Gasteiger partial charge in [-0.2, -0.15) is 4.72 Å². The van der Waals surface area contributed by atoms with E-state index in [1.807, 2.05) is 31.2 Å². The molecule has 7 nitrogen and oxygen atoms in total. The number of carbonyl (C=O) groups is 2. The number of fused-ring (bicyclic) bond motifs is 1. The number of halogens is 1. The van der Waals surface area contributed by atoms with Crippen molar-refractivity contribution < 1.29 is 27.1 Å². The zero-order valence-corrected chi connectivity index (χ0v) is 15.9. The third-order valence-electron chi connectivity index (χ3n) is 4.36. The predicted octanol–water partition coefficient (Wildman–Crippen LogP) is 1.63. The highest BCUT2D eigenvalue weighted by molar-refractivity contribution is 7.89. The van der Waals surface area contributed by atoms with Gasteiger partial charge in [-0.25, -0.2) is 12.8 Å². The van der Waals surface area contributed by atoms with Gasteiger partial charge in [0.15, 0.2) is 6.61 Å². The lowest BCUT2D eigenvalue weighted by Crippen LogP contribution is -2.39. The average Bonchev–Trinajstić information content (AvgIpc) is 3.00. The zero-order valence-electron chi connectivity index (χ0n) is 15.1. The molecule has 1 heterocycles. The summed E-state index contributed by atoms with van der Waals surface area (Å²) in [5.74, 6) is -1.85. The van der Waals surface area contributed by atoms with E-state index in [4.69, 9.17) is 4.74 Å². The Balaban J connectivity index is 1.53. The lowest BCUT2D eigenvalue weighted by molar-refractivity contribution is -0.146. The Hall–Kier alpha value is -2.78. The molecule has 148 valence electrons. The molecule has 28 heavy (non-hydrogen) atoms. The minimum absolute atomic E-state index is 0.0550. The molecule has 0 bridgehead atoms. The molecule has 9 heteroatoms. The Labute approximate surface area is 162 Å². The van der Waals surface area contributed by atoms with Gasteiger partial charge >= 0.3 is 5.97 Å². The number of esters is 1. The molecular weight excluding hydrogens is 387 g/mol. The van der Waals surface area contributed by atoms with E-state index in [9.17, 15) is 22.4 Å². The lowest BCUT2D eigenvalue weighted by atomic mass is 10.1. The molecule has 0 spiro atoms. The lowest BCUT2D eigenvalue weighted by Gasteiger charge is -2.22. The quantitative estimate of drug-likeness (QED) is 0.736. The largest absolute Gasteiger partial charge is 0.455 e. The van der Waals surface area contributed by atoms with Crippen LogP contribution in [0.2, 0.25) is 0 Å². The van der Waals surface area contributed by atoms with Gasteiger partial charge in [-0.3, -0.25) is 9.59 Å². The summed E-state index contributed by atoms with van der Waals surface area (Å²) in [6, 6.07) is 11.6. The molecule has 0 fully saturated rings. The molecule has 1 N–H and O–H groups in total. The van der Waals surface area contributed by atoms with Gasteiger partial charge < -0.3 is 9.64 Å². The number of sulfonamides is 1. The molecule has 0 aliphatic carbocycles. The standard InChI is InChI=1S/C19H19FN2O5S/c1-13-10-14-4-2-3-5-17(14)22(13)18(23)12-27-19(24)11-21-28(25,26)16-8-6-15(20)7-9-16/h2-9,13,21H,10-12H2,1H3/t13-/m0/s1. The maximum atomic E-state index is 12.9. The number of amides is 1. The number of nitrogens with one attached hydrogen (secondary N) is 1. The molecular formula is C19H19FN2O5S. The highest BCUT2D eigenvalue weighted by Crippen LogP contribution is 2.31.